The molecule has 0 bridgehead atoms. The van der Waals surface area contributed by atoms with Gasteiger partial charge >= 0.3 is 0 Å². The van der Waals surface area contributed by atoms with E-state index in [9.17, 15) is 9.59 Å². The molecule has 2 aliphatic rings. The summed E-state index contributed by atoms with van der Waals surface area (Å²) in [6.45, 7) is 3.90. The van der Waals surface area contributed by atoms with Gasteiger partial charge in [0.1, 0.15) is 0 Å². The average molecular weight is 466 g/mol. The molecule has 0 radical (unpaired) electrons. The number of thiophene rings is 2. The fourth-order valence-electron chi connectivity index (χ4n) is 4.76. The van der Waals surface area contributed by atoms with Crippen molar-refractivity contribution in [2.24, 2.45) is 0 Å². The number of amides is 2. The van der Waals surface area contributed by atoms with Crippen molar-refractivity contribution in [2.75, 3.05) is 39.3 Å². The zero-order valence-electron chi connectivity index (χ0n) is 18.0. The molecule has 1 saturated heterocycles. The Balaban J connectivity index is 1.27. The van der Waals surface area contributed by atoms with E-state index in [1.165, 1.54) is 27.3 Å². The molecule has 5 rings (SSSR count). The van der Waals surface area contributed by atoms with E-state index in [4.69, 9.17) is 0 Å². The minimum Gasteiger partial charge on any atom is -0.340 e. The summed E-state index contributed by atoms with van der Waals surface area (Å²) in [4.78, 5) is 34.4. The van der Waals surface area contributed by atoms with Crippen LogP contribution in [0.5, 0.6) is 0 Å². The minimum absolute atomic E-state index is 0.0828. The Morgan fingerprint density at radius 2 is 1.66 bits per heavy atom. The summed E-state index contributed by atoms with van der Waals surface area (Å²) in [6, 6.07) is 16.6. The van der Waals surface area contributed by atoms with Crippen LogP contribution in [0.1, 0.15) is 38.1 Å². The van der Waals surface area contributed by atoms with Crippen molar-refractivity contribution < 1.29 is 9.59 Å². The van der Waals surface area contributed by atoms with Crippen LogP contribution in [0.15, 0.2) is 59.3 Å². The van der Waals surface area contributed by atoms with Crippen LogP contribution in [0.2, 0.25) is 0 Å². The van der Waals surface area contributed by atoms with Gasteiger partial charge in [-0.3, -0.25) is 14.5 Å². The van der Waals surface area contributed by atoms with Gasteiger partial charge in [0.25, 0.3) is 5.91 Å². The third kappa shape index (κ3) is 4.37. The van der Waals surface area contributed by atoms with Crippen LogP contribution in [-0.2, 0) is 11.2 Å². The largest absolute Gasteiger partial charge is 0.340 e. The van der Waals surface area contributed by atoms with E-state index in [0.29, 0.717) is 32.7 Å². The van der Waals surface area contributed by atoms with Gasteiger partial charge in [-0.05, 0) is 46.9 Å². The quantitative estimate of drug-likeness (QED) is 0.582. The van der Waals surface area contributed by atoms with Crippen LogP contribution < -0.4 is 0 Å². The van der Waals surface area contributed by atoms with Gasteiger partial charge in [0.05, 0.1) is 17.5 Å². The summed E-state index contributed by atoms with van der Waals surface area (Å²) in [5, 5.41) is 4.10. The lowest BCUT2D eigenvalue weighted by Crippen LogP contribution is -2.45. The molecule has 1 atom stereocenters. The lowest BCUT2D eigenvalue weighted by Gasteiger charge is -2.37. The highest BCUT2D eigenvalue weighted by Gasteiger charge is 2.32. The second-order valence-electron chi connectivity index (χ2n) is 8.34. The van der Waals surface area contributed by atoms with Gasteiger partial charge < -0.3 is 9.80 Å². The maximum absolute atomic E-state index is 13.3. The number of nitrogens with zero attached hydrogens (tertiary/aromatic N) is 3. The standard InChI is InChI=1S/C25H27N3O2S2/c29-23(26-11-5-12-27(15-14-26)25(30)22-8-4-16-31-22)18-28-13-9-21-20(10-17-32-21)24(28)19-6-2-1-3-7-19/h1-4,6-8,10,16-17,24H,5,9,11-15,18H2/t24-/m0/s1. The second kappa shape index (κ2) is 9.57. The molecule has 1 fully saturated rings. The normalized spacial score (nSPS) is 19.4. The number of hydrogen-bond donors (Lipinski definition) is 0. The Bertz CT molecular complexity index is 1060. The number of fused-ring (bicyclic) bond motifs is 1. The minimum atomic E-state index is 0.0828. The van der Waals surface area contributed by atoms with Crippen LogP contribution in [0, 0.1) is 0 Å². The highest BCUT2D eigenvalue weighted by molar-refractivity contribution is 7.12. The zero-order chi connectivity index (χ0) is 21.9. The Morgan fingerprint density at radius 1 is 0.844 bits per heavy atom. The van der Waals surface area contributed by atoms with Crippen molar-refractivity contribution in [1.82, 2.24) is 14.7 Å². The number of rotatable bonds is 4. The van der Waals surface area contributed by atoms with Crippen molar-refractivity contribution >= 4 is 34.5 Å². The first-order chi connectivity index (χ1) is 15.7. The SMILES string of the molecule is O=C(CN1CCc2sccc2[C@@H]1c1ccccc1)N1CCCN(C(=O)c2cccs2)CC1. The van der Waals surface area contributed by atoms with Crippen molar-refractivity contribution in [3.8, 4) is 0 Å². The van der Waals surface area contributed by atoms with Gasteiger partial charge in [-0.25, -0.2) is 0 Å². The number of carbonyl (C=O) groups is 2. The van der Waals surface area contributed by atoms with E-state index in [1.807, 2.05) is 44.7 Å². The molecule has 0 unspecified atom stereocenters. The van der Waals surface area contributed by atoms with E-state index in [2.05, 4.69) is 40.6 Å². The molecule has 3 aromatic rings. The van der Waals surface area contributed by atoms with Gasteiger partial charge in [0, 0.05) is 37.6 Å². The first-order valence-electron chi connectivity index (χ1n) is 11.2. The zero-order valence-corrected chi connectivity index (χ0v) is 19.6. The molecule has 2 aromatic heterocycles. The highest BCUT2D eigenvalue weighted by Crippen LogP contribution is 2.37. The third-order valence-corrected chi connectivity index (χ3v) is 8.24. The summed E-state index contributed by atoms with van der Waals surface area (Å²) in [5.74, 6) is 0.245. The topological polar surface area (TPSA) is 43.9 Å². The van der Waals surface area contributed by atoms with Gasteiger partial charge in [-0.2, -0.15) is 0 Å². The summed E-state index contributed by atoms with van der Waals surface area (Å²) in [5.41, 5.74) is 2.58. The summed E-state index contributed by atoms with van der Waals surface area (Å²) < 4.78 is 0. The van der Waals surface area contributed by atoms with Crippen LogP contribution in [0.3, 0.4) is 0 Å². The molecule has 0 spiro atoms. The predicted octanol–water partition coefficient (Wildman–Crippen LogP) is 4.13. The smallest absolute Gasteiger partial charge is 0.263 e. The van der Waals surface area contributed by atoms with Crippen LogP contribution in [0.25, 0.3) is 0 Å². The number of hydrogen-bond acceptors (Lipinski definition) is 5. The summed E-state index contributed by atoms with van der Waals surface area (Å²) in [6.07, 6.45) is 1.81. The van der Waals surface area contributed by atoms with Gasteiger partial charge in [-0.1, -0.05) is 36.4 Å². The van der Waals surface area contributed by atoms with E-state index in [1.54, 1.807) is 0 Å². The van der Waals surface area contributed by atoms with Crippen molar-refractivity contribution in [3.05, 3.63) is 80.2 Å². The van der Waals surface area contributed by atoms with Crippen molar-refractivity contribution in [1.29, 1.82) is 0 Å². The fourth-order valence-corrected chi connectivity index (χ4v) is 6.36. The molecule has 32 heavy (non-hydrogen) atoms. The Morgan fingerprint density at radius 3 is 2.47 bits per heavy atom. The monoisotopic (exact) mass is 465 g/mol. The maximum atomic E-state index is 13.3. The highest BCUT2D eigenvalue weighted by atomic mass is 32.1. The fraction of sp³-hybridized carbons (Fsp3) is 0.360. The molecule has 2 amide bonds. The Hall–Kier alpha value is -2.48. The molecule has 166 valence electrons. The number of benzene rings is 1. The molecular weight excluding hydrogens is 438 g/mol. The molecule has 1 aromatic carbocycles. The average Bonchev–Trinajstić information content (AvgIpc) is 3.46. The molecule has 0 N–H and O–H groups in total. The first-order valence-corrected chi connectivity index (χ1v) is 12.9. The van der Waals surface area contributed by atoms with Gasteiger partial charge in [0.15, 0.2) is 0 Å². The predicted molar refractivity (Wildman–Crippen MR) is 129 cm³/mol. The molecule has 5 nitrogen and oxygen atoms in total. The van der Waals surface area contributed by atoms with Gasteiger partial charge in [0.2, 0.25) is 5.91 Å². The van der Waals surface area contributed by atoms with Crippen molar-refractivity contribution in [2.45, 2.75) is 18.9 Å². The van der Waals surface area contributed by atoms with Gasteiger partial charge in [-0.15, -0.1) is 22.7 Å². The number of carbonyl (C=O) groups excluding carboxylic acids is 2. The summed E-state index contributed by atoms with van der Waals surface area (Å²) >= 11 is 3.30. The van der Waals surface area contributed by atoms with E-state index >= 15 is 0 Å². The molecule has 2 aliphatic heterocycles. The lowest BCUT2D eigenvalue weighted by atomic mass is 9.93. The lowest BCUT2D eigenvalue weighted by molar-refractivity contribution is -0.132. The third-order valence-electron chi connectivity index (χ3n) is 6.39. The van der Waals surface area contributed by atoms with Crippen molar-refractivity contribution in [3.63, 3.8) is 0 Å². The van der Waals surface area contributed by atoms with E-state index in [0.717, 1.165) is 24.3 Å². The molecule has 7 heteroatoms. The molecular formula is C25H27N3O2S2. The van der Waals surface area contributed by atoms with E-state index < -0.39 is 0 Å². The maximum Gasteiger partial charge on any atom is 0.263 e. The Kier molecular flexibility index (Phi) is 6.39. The Labute approximate surface area is 196 Å². The van der Waals surface area contributed by atoms with E-state index in [-0.39, 0.29) is 17.9 Å². The van der Waals surface area contributed by atoms with Crippen LogP contribution in [0.4, 0.5) is 0 Å². The first kappa shape index (κ1) is 21.4. The molecule has 0 saturated carbocycles. The van der Waals surface area contributed by atoms with Crippen LogP contribution in [-0.4, -0.2) is 65.8 Å². The molecule has 4 heterocycles. The van der Waals surface area contributed by atoms with Crippen LogP contribution >= 0.6 is 22.7 Å². The second-order valence-corrected chi connectivity index (χ2v) is 10.3. The molecule has 0 aliphatic carbocycles. The summed E-state index contributed by atoms with van der Waals surface area (Å²) in [7, 11) is 0.